The number of H-pyrrole nitrogens is 1. The van der Waals surface area contributed by atoms with Gasteiger partial charge >= 0.3 is 6.09 Å². The van der Waals surface area contributed by atoms with Gasteiger partial charge in [-0.05, 0) is 23.6 Å². The largest absolute Gasteiger partial charge is 0.449 e. The van der Waals surface area contributed by atoms with Crippen LogP contribution in [0.5, 0.6) is 0 Å². The summed E-state index contributed by atoms with van der Waals surface area (Å²) in [6.07, 6.45) is 2.64. The molecule has 4 heteroatoms. The SMILES string of the molecule is O=C1N[C@@H]2Cc3c[nH]c4cccc(c34)[C@H]2CO1. The van der Waals surface area contributed by atoms with Gasteiger partial charge < -0.3 is 15.0 Å². The van der Waals surface area contributed by atoms with Gasteiger partial charge in [0.1, 0.15) is 6.61 Å². The summed E-state index contributed by atoms with van der Waals surface area (Å²) in [4.78, 5) is 14.6. The fourth-order valence-corrected chi connectivity index (χ4v) is 3.07. The molecular formula is C13H12N2O2. The second-order valence-electron chi connectivity index (χ2n) is 4.74. The van der Waals surface area contributed by atoms with E-state index in [0.29, 0.717) is 6.61 Å². The lowest BCUT2D eigenvalue weighted by Gasteiger charge is -2.35. The minimum atomic E-state index is -0.294. The maximum absolute atomic E-state index is 11.3. The molecule has 1 fully saturated rings. The summed E-state index contributed by atoms with van der Waals surface area (Å²) in [5, 5.41) is 4.23. The molecule has 2 atom stereocenters. The van der Waals surface area contributed by atoms with Crippen LogP contribution in [0, 0.1) is 0 Å². The Bertz CT molecular complexity index is 617. The molecule has 1 aliphatic heterocycles. The Morgan fingerprint density at radius 3 is 3.24 bits per heavy atom. The minimum Gasteiger partial charge on any atom is -0.449 e. The summed E-state index contributed by atoms with van der Waals surface area (Å²) in [6, 6.07) is 6.45. The smallest absolute Gasteiger partial charge is 0.407 e. The normalized spacial score (nSPS) is 26.2. The lowest BCUT2D eigenvalue weighted by atomic mass is 9.80. The molecule has 2 aromatic rings. The number of alkyl carbamates (subject to hydrolysis) is 1. The van der Waals surface area contributed by atoms with E-state index in [0.717, 1.165) is 6.42 Å². The lowest BCUT2D eigenvalue weighted by Crippen LogP contribution is -2.49. The molecule has 17 heavy (non-hydrogen) atoms. The van der Waals surface area contributed by atoms with Gasteiger partial charge in [-0.1, -0.05) is 12.1 Å². The van der Waals surface area contributed by atoms with Gasteiger partial charge in [0.2, 0.25) is 0 Å². The number of rotatable bonds is 0. The van der Waals surface area contributed by atoms with Crippen LogP contribution in [0.2, 0.25) is 0 Å². The topological polar surface area (TPSA) is 54.1 Å². The molecule has 0 radical (unpaired) electrons. The molecule has 86 valence electrons. The van der Waals surface area contributed by atoms with Crippen LogP contribution in [0.4, 0.5) is 4.79 Å². The van der Waals surface area contributed by atoms with Crippen molar-refractivity contribution in [3.8, 4) is 0 Å². The van der Waals surface area contributed by atoms with E-state index in [2.05, 4.69) is 28.5 Å². The van der Waals surface area contributed by atoms with E-state index in [-0.39, 0.29) is 18.1 Å². The Morgan fingerprint density at radius 2 is 2.29 bits per heavy atom. The Kier molecular flexibility index (Phi) is 1.62. The molecule has 1 aromatic heterocycles. The standard InChI is InChI=1S/C13H12N2O2/c16-13-15-11-4-7-5-14-10-3-1-2-8(12(7)10)9(11)6-17-13/h1-3,5,9,11,14H,4,6H2,(H,15,16)/t9-,11-/m1/s1. The summed E-state index contributed by atoms with van der Waals surface area (Å²) in [5.74, 6) is 0.277. The van der Waals surface area contributed by atoms with Crippen molar-refractivity contribution in [3.05, 3.63) is 35.5 Å². The highest BCUT2D eigenvalue weighted by molar-refractivity contribution is 5.88. The van der Waals surface area contributed by atoms with Gasteiger partial charge in [0.15, 0.2) is 0 Å². The van der Waals surface area contributed by atoms with Gasteiger partial charge in [0.25, 0.3) is 0 Å². The van der Waals surface area contributed by atoms with Gasteiger partial charge in [-0.15, -0.1) is 0 Å². The molecule has 0 bridgehead atoms. The molecule has 1 aliphatic carbocycles. The number of hydrogen-bond acceptors (Lipinski definition) is 2. The number of hydrogen-bond donors (Lipinski definition) is 2. The Labute approximate surface area is 98.0 Å². The first-order valence-electron chi connectivity index (χ1n) is 5.85. The van der Waals surface area contributed by atoms with Crippen LogP contribution in [-0.4, -0.2) is 23.7 Å². The molecule has 0 saturated carbocycles. The number of amides is 1. The predicted octanol–water partition coefficient (Wildman–Crippen LogP) is 1.92. The second-order valence-corrected chi connectivity index (χ2v) is 4.74. The van der Waals surface area contributed by atoms with E-state index in [1.54, 1.807) is 0 Å². The van der Waals surface area contributed by atoms with E-state index in [1.807, 2.05) is 6.20 Å². The maximum Gasteiger partial charge on any atom is 0.407 e. The zero-order valence-electron chi connectivity index (χ0n) is 9.19. The zero-order chi connectivity index (χ0) is 11.4. The van der Waals surface area contributed by atoms with Crippen LogP contribution in [-0.2, 0) is 11.2 Å². The molecule has 2 N–H and O–H groups in total. The monoisotopic (exact) mass is 228 g/mol. The van der Waals surface area contributed by atoms with Crippen LogP contribution < -0.4 is 5.32 Å². The van der Waals surface area contributed by atoms with E-state index < -0.39 is 0 Å². The number of ether oxygens (including phenoxy) is 1. The molecule has 2 heterocycles. The van der Waals surface area contributed by atoms with Crippen molar-refractivity contribution in [3.63, 3.8) is 0 Å². The van der Waals surface area contributed by atoms with Gasteiger partial charge in [0.05, 0.1) is 0 Å². The number of benzene rings is 1. The number of aromatic amines is 1. The van der Waals surface area contributed by atoms with Crippen molar-refractivity contribution in [2.24, 2.45) is 0 Å². The Balaban J connectivity index is 1.93. The fourth-order valence-electron chi connectivity index (χ4n) is 3.07. The minimum absolute atomic E-state index is 0.171. The van der Waals surface area contributed by atoms with Crippen molar-refractivity contribution in [2.45, 2.75) is 18.4 Å². The van der Waals surface area contributed by atoms with Crippen molar-refractivity contribution in [1.29, 1.82) is 0 Å². The third-order valence-electron chi connectivity index (χ3n) is 3.84. The molecule has 1 aromatic carbocycles. The molecule has 1 amide bonds. The molecule has 2 aliphatic rings. The molecule has 4 nitrogen and oxygen atoms in total. The first-order valence-corrected chi connectivity index (χ1v) is 5.85. The second kappa shape index (κ2) is 3.03. The van der Waals surface area contributed by atoms with Crippen molar-refractivity contribution < 1.29 is 9.53 Å². The Hall–Kier alpha value is -1.97. The number of aromatic nitrogens is 1. The van der Waals surface area contributed by atoms with E-state index in [4.69, 9.17) is 4.74 Å². The van der Waals surface area contributed by atoms with Crippen LogP contribution in [0.3, 0.4) is 0 Å². The third-order valence-corrected chi connectivity index (χ3v) is 3.84. The van der Waals surface area contributed by atoms with E-state index >= 15 is 0 Å². The quantitative estimate of drug-likeness (QED) is 0.723. The average molecular weight is 228 g/mol. The summed E-state index contributed by atoms with van der Waals surface area (Å²) in [7, 11) is 0. The summed E-state index contributed by atoms with van der Waals surface area (Å²) < 4.78 is 5.11. The van der Waals surface area contributed by atoms with Crippen LogP contribution in [0.25, 0.3) is 10.9 Å². The number of nitrogens with one attached hydrogen (secondary N) is 2. The van der Waals surface area contributed by atoms with E-state index in [9.17, 15) is 4.79 Å². The van der Waals surface area contributed by atoms with Crippen molar-refractivity contribution in [2.75, 3.05) is 6.61 Å². The summed E-state index contributed by atoms with van der Waals surface area (Å²) in [6.45, 7) is 0.486. The predicted molar refractivity (Wildman–Crippen MR) is 63.0 cm³/mol. The number of carbonyl (C=O) groups excluding carboxylic acids is 1. The highest BCUT2D eigenvalue weighted by Crippen LogP contribution is 2.38. The van der Waals surface area contributed by atoms with Crippen LogP contribution in [0.15, 0.2) is 24.4 Å². The van der Waals surface area contributed by atoms with Crippen molar-refractivity contribution >= 4 is 17.0 Å². The summed E-state index contributed by atoms with van der Waals surface area (Å²) >= 11 is 0. The zero-order valence-corrected chi connectivity index (χ0v) is 9.19. The molecular weight excluding hydrogens is 216 g/mol. The van der Waals surface area contributed by atoms with Crippen LogP contribution in [0.1, 0.15) is 17.0 Å². The lowest BCUT2D eigenvalue weighted by molar-refractivity contribution is 0.102. The molecule has 0 unspecified atom stereocenters. The number of carbonyl (C=O) groups is 1. The maximum atomic E-state index is 11.3. The Morgan fingerprint density at radius 1 is 1.35 bits per heavy atom. The number of fused-ring (bicyclic) bond motifs is 2. The molecule has 1 saturated heterocycles. The van der Waals surface area contributed by atoms with E-state index in [1.165, 1.54) is 22.0 Å². The van der Waals surface area contributed by atoms with Gasteiger partial charge in [-0.3, -0.25) is 0 Å². The highest BCUT2D eigenvalue weighted by atomic mass is 16.6. The van der Waals surface area contributed by atoms with Crippen LogP contribution >= 0.6 is 0 Å². The third kappa shape index (κ3) is 1.15. The molecule has 4 rings (SSSR count). The van der Waals surface area contributed by atoms with Crippen molar-refractivity contribution in [1.82, 2.24) is 10.3 Å². The first kappa shape index (κ1) is 9.10. The summed E-state index contributed by atoms with van der Waals surface area (Å²) in [5.41, 5.74) is 3.75. The molecule has 0 spiro atoms. The van der Waals surface area contributed by atoms with Gasteiger partial charge in [-0.2, -0.15) is 0 Å². The van der Waals surface area contributed by atoms with Gasteiger partial charge in [-0.25, -0.2) is 4.79 Å². The van der Waals surface area contributed by atoms with Gasteiger partial charge in [0, 0.05) is 29.1 Å². The number of cyclic esters (lactones) is 1. The first-order chi connectivity index (χ1) is 8.33. The fraction of sp³-hybridized carbons (Fsp3) is 0.308. The average Bonchev–Trinajstić information content (AvgIpc) is 2.74. The highest BCUT2D eigenvalue weighted by Gasteiger charge is 2.36.